The summed E-state index contributed by atoms with van der Waals surface area (Å²) < 4.78 is 15.8. The molecular weight excluding hydrogens is 388 g/mol. The van der Waals surface area contributed by atoms with E-state index in [2.05, 4.69) is 5.32 Å². The van der Waals surface area contributed by atoms with E-state index in [1.165, 1.54) is 7.11 Å². The molecule has 30 heavy (non-hydrogen) atoms. The molecule has 8 nitrogen and oxygen atoms in total. The van der Waals surface area contributed by atoms with Crippen molar-refractivity contribution in [3.63, 3.8) is 0 Å². The van der Waals surface area contributed by atoms with Crippen molar-refractivity contribution in [2.45, 2.75) is 13.3 Å². The molecule has 2 amide bonds. The molecule has 1 saturated heterocycles. The summed E-state index contributed by atoms with van der Waals surface area (Å²) in [6, 6.07) is 10.3. The summed E-state index contributed by atoms with van der Waals surface area (Å²) >= 11 is 0. The summed E-state index contributed by atoms with van der Waals surface area (Å²) in [5, 5.41) is 2.84. The van der Waals surface area contributed by atoms with Crippen LogP contribution in [0.4, 0.5) is 11.4 Å². The number of carbonyl (C=O) groups excluding carboxylic acids is 3. The van der Waals surface area contributed by atoms with Gasteiger partial charge in [-0.05, 0) is 36.8 Å². The van der Waals surface area contributed by atoms with E-state index in [-0.39, 0.29) is 24.8 Å². The van der Waals surface area contributed by atoms with E-state index in [0.29, 0.717) is 41.7 Å². The highest BCUT2D eigenvalue weighted by Gasteiger charge is 2.35. The van der Waals surface area contributed by atoms with E-state index < -0.39 is 11.9 Å². The molecule has 156 valence electrons. The van der Waals surface area contributed by atoms with E-state index in [1.807, 2.05) is 6.92 Å². The number of hydrogen-bond donors (Lipinski definition) is 1. The maximum atomic E-state index is 12.8. The number of carbonyl (C=O) groups is 3. The second-order valence-corrected chi connectivity index (χ2v) is 7.24. The van der Waals surface area contributed by atoms with Crippen molar-refractivity contribution in [2.75, 3.05) is 37.1 Å². The number of anilines is 2. The third kappa shape index (κ3) is 3.80. The van der Waals surface area contributed by atoms with Crippen LogP contribution in [-0.4, -0.2) is 44.7 Å². The van der Waals surface area contributed by atoms with E-state index in [9.17, 15) is 14.4 Å². The number of hydrogen-bond acceptors (Lipinski definition) is 6. The Bertz CT molecular complexity index is 1020. The van der Waals surface area contributed by atoms with Crippen LogP contribution in [0.15, 0.2) is 36.4 Å². The predicted molar refractivity (Wildman–Crippen MR) is 109 cm³/mol. The zero-order chi connectivity index (χ0) is 21.3. The summed E-state index contributed by atoms with van der Waals surface area (Å²) in [5.41, 5.74) is 2.35. The van der Waals surface area contributed by atoms with Gasteiger partial charge in [0.15, 0.2) is 11.5 Å². The van der Waals surface area contributed by atoms with Crippen molar-refractivity contribution in [2.24, 2.45) is 5.92 Å². The van der Waals surface area contributed by atoms with Gasteiger partial charge in [-0.25, -0.2) is 4.79 Å². The fourth-order valence-corrected chi connectivity index (χ4v) is 3.57. The molecule has 2 aliphatic rings. The highest BCUT2D eigenvalue weighted by atomic mass is 16.6. The molecule has 2 heterocycles. The number of rotatable bonds is 4. The highest BCUT2D eigenvalue weighted by molar-refractivity contribution is 6.04. The molecule has 0 spiro atoms. The second kappa shape index (κ2) is 8.06. The lowest BCUT2D eigenvalue weighted by atomic mass is 10.1. The van der Waals surface area contributed by atoms with Crippen LogP contribution in [0.5, 0.6) is 11.5 Å². The van der Waals surface area contributed by atoms with Crippen LogP contribution in [0, 0.1) is 12.8 Å². The molecule has 1 unspecified atom stereocenters. The molecule has 0 bridgehead atoms. The molecule has 0 radical (unpaired) electrons. The monoisotopic (exact) mass is 410 g/mol. The molecule has 4 rings (SSSR count). The average molecular weight is 410 g/mol. The van der Waals surface area contributed by atoms with Gasteiger partial charge in [-0.3, -0.25) is 9.59 Å². The van der Waals surface area contributed by atoms with Crippen molar-refractivity contribution in [3.8, 4) is 11.5 Å². The minimum Gasteiger partial charge on any atom is -0.486 e. The van der Waals surface area contributed by atoms with Crippen LogP contribution in [0.2, 0.25) is 0 Å². The van der Waals surface area contributed by atoms with Crippen molar-refractivity contribution in [1.82, 2.24) is 0 Å². The van der Waals surface area contributed by atoms with Crippen LogP contribution < -0.4 is 19.7 Å². The first-order valence-corrected chi connectivity index (χ1v) is 9.66. The van der Waals surface area contributed by atoms with Gasteiger partial charge in [0.1, 0.15) is 13.2 Å². The predicted octanol–water partition coefficient (Wildman–Crippen LogP) is 2.54. The van der Waals surface area contributed by atoms with Crippen LogP contribution in [-0.2, 0) is 14.3 Å². The summed E-state index contributed by atoms with van der Waals surface area (Å²) in [4.78, 5) is 38.7. The third-order valence-corrected chi connectivity index (χ3v) is 5.25. The SMILES string of the molecule is COC(=O)c1ccc(C)c(NC(=O)C2CC(=O)N(c3ccc4c(c3)OCCO4)C2)c1. The molecule has 2 aromatic carbocycles. The number of amides is 2. The number of nitrogens with zero attached hydrogens (tertiary/aromatic N) is 1. The van der Waals surface area contributed by atoms with Crippen molar-refractivity contribution >= 4 is 29.2 Å². The Balaban J connectivity index is 1.48. The molecule has 0 aromatic heterocycles. The van der Waals surface area contributed by atoms with Crippen molar-refractivity contribution < 1.29 is 28.6 Å². The van der Waals surface area contributed by atoms with E-state index >= 15 is 0 Å². The lowest BCUT2D eigenvalue weighted by Crippen LogP contribution is -2.28. The van der Waals surface area contributed by atoms with Gasteiger partial charge in [0.05, 0.1) is 18.6 Å². The molecule has 0 aliphatic carbocycles. The first-order valence-electron chi connectivity index (χ1n) is 9.66. The maximum Gasteiger partial charge on any atom is 0.337 e. The molecule has 0 saturated carbocycles. The molecule has 2 aliphatic heterocycles. The van der Waals surface area contributed by atoms with Crippen LogP contribution >= 0.6 is 0 Å². The van der Waals surface area contributed by atoms with Crippen LogP contribution in [0.3, 0.4) is 0 Å². The Hall–Kier alpha value is -3.55. The first kappa shape index (κ1) is 19.8. The van der Waals surface area contributed by atoms with E-state index in [4.69, 9.17) is 14.2 Å². The third-order valence-electron chi connectivity index (χ3n) is 5.25. The lowest BCUT2D eigenvalue weighted by Gasteiger charge is -2.22. The molecule has 1 fully saturated rings. The molecule has 2 aromatic rings. The number of benzene rings is 2. The van der Waals surface area contributed by atoms with Gasteiger partial charge in [-0.2, -0.15) is 0 Å². The first-order chi connectivity index (χ1) is 14.5. The summed E-state index contributed by atoms with van der Waals surface area (Å²) in [6.45, 7) is 3.05. The molecular formula is C22H22N2O6. The maximum absolute atomic E-state index is 12.8. The van der Waals surface area contributed by atoms with Gasteiger partial charge in [-0.15, -0.1) is 0 Å². The van der Waals surface area contributed by atoms with E-state index in [1.54, 1.807) is 41.3 Å². The average Bonchev–Trinajstić information content (AvgIpc) is 3.16. The van der Waals surface area contributed by atoms with Crippen molar-refractivity contribution in [3.05, 3.63) is 47.5 Å². The highest BCUT2D eigenvalue weighted by Crippen LogP contribution is 2.36. The Labute approximate surface area is 173 Å². The lowest BCUT2D eigenvalue weighted by molar-refractivity contribution is -0.122. The Morgan fingerprint density at radius 3 is 2.63 bits per heavy atom. The fraction of sp³-hybridized carbons (Fsp3) is 0.318. The summed E-state index contributed by atoms with van der Waals surface area (Å²) in [5.74, 6) is -0.153. The number of nitrogens with one attached hydrogen (secondary N) is 1. The Morgan fingerprint density at radius 1 is 1.10 bits per heavy atom. The van der Waals surface area contributed by atoms with Crippen molar-refractivity contribution in [1.29, 1.82) is 0 Å². The summed E-state index contributed by atoms with van der Waals surface area (Å²) in [7, 11) is 1.30. The Morgan fingerprint density at radius 2 is 1.87 bits per heavy atom. The largest absolute Gasteiger partial charge is 0.486 e. The number of ether oxygens (including phenoxy) is 3. The minimum absolute atomic E-state index is 0.107. The zero-order valence-electron chi connectivity index (χ0n) is 16.8. The minimum atomic E-state index is -0.508. The van der Waals surface area contributed by atoms with Crippen LogP contribution in [0.1, 0.15) is 22.3 Å². The topological polar surface area (TPSA) is 94.2 Å². The Kier molecular flexibility index (Phi) is 5.31. The molecule has 8 heteroatoms. The standard InChI is InChI=1S/C22H22N2O6/c1-13-3-4-14(22(27)28-2)9-17(13)23-21(26)15-10-20(25)24(12-15)16-5-6-18-19(11-16)30-8-7-29-18/h3-6,9,11,15H,7-8,10,12H2,1-2H3,(H,23,26). The normalized spacial score (nSPS) is 17.6. The van der Waals surface area contributed by atoms with Gasteiger partial charge in [-0.1, -0.05) is 6.07 Å². The van der Waals surface area contributed by atoms with Gasteiger partial charge < -0.3 is 24.4 Å². The zero-order valence-corrected chi connectivity index (χ0v) is 16.8. The van der Waals surface area contributed by atoms with E-state index in [0.717, 1.165) is 5.56 Å². The number of esters is 1. The van der Waals surface area contributed by atoms with Gasteiger partial charge >= 0.3 is 5.97 Å². The fourth-order valence-electron chi connectivity index (χ4n) is 3.57. The quantitative estimate of drug-likeness (QED) is 0.779. The van der Waals surface area contributed by atoms with Gasteiger partial charge in [0.2, 0.25) is 11.8 Å². The molecule has 1 N–H and O–H groups in total. The number of methoxy groups -OCH3 is 1. The van der Waals surface area contributed by atoms with Crippen LogP contribution in [0.25, 0.3) is 0 Å². The number of fused-ring (bicyclic) bond motifs is 1. The number of aryl methyl sites for hydroxylation is 1. The smallest absolute Gasteiger partial charge is 0.337 e. The summed E-state index contributed by atoms with van der Waals surface area (Å²) in [6.07, 6.45) is 0.107. The second-order valence-electron chi connectivity index (χ2n) is 7.24. The van der Waals surface area contributed by atoms with Gasteiger partial charge in [0, 0.05) is 30.4 Å². The van der Waals surface area contributed by atoms with Gasteiger partial charge in [0.25, 0.3) is 0 Å². The molecule has 1 atom stereocenters.